The summed E-state index contributed by atoms with van der Waals surface area (Å²) in [4.78, 5) is 1.25. The molecule has 0 saturated carbocycles. The minimum atomic E-state index is -3.34. The van der Waals surface area contributed by atoms with Crippen LogP contribution in [0.3, 0.4) is 0 Å². The molecule has 0 aliphatic carbocycles. The van der Waals surface area contributed by atoms with Gasteiger partial charge >= 0.3 is 0 Å². The summed E-state index contributed by atoms with van der Waals surface area (Å²) in [5.74, 6) is 0. The molecule has 1 fully saturated rings. The third-order valence-electron chi connectivity index (χ3n) is 2.96. The van der Waals surface area contributed by atoms with Gasteiger partial charge < -0.3 is 5.73 Å². The normalized spacial score (nSPS) is 18.6. The Kier molecular flexibility index (Phi) is 5.64. The van der Waals surface area contributed by atoms with E-state index in [4.69, 9.17) is 5.73 Å². The van der Waals surface area contributed by atoms with Gasteiger partial charge in [-0.3, -0.25) is 0 Å². The zero-order valence-corrected chi connectivity index (χ0v) is 14.0. The molecule has 0 spiro atoms. The molecule has 0 amide bonds. The highest BCUT2D eigenvalue weighted by molar-refractivity contribution is 9.11. The van der Waals surface area contributed by atoms with Crippen molar-refractivity contribution in [2.45, 2.75) is 30.7 Å². The van der Waals surface area contributed by atoms with Crippen molar-refractivity contribution < 1.29 is 8.42 Å². The van der Waals surface area contributed by atoms with Crippen molar-refractivity contribution in [1.82, 2.24) is 4.31 Å². The molecular formula is C10H16BrClN2O2S2. The maximum absolute atomic E-state index is 12.4. The van der Waals surface area contributed by atoms with Crippen molar-refractivity contribution in [3.8, 4) is 0 Å². The highest BCUT2D eigenvalue weighted by Crippen LogP contribution is 2.32. The van der Waals surface area contributed by atoms with E-state index in [1.54, 1.807) is 6.07 Å². The zero-order valence-electron chi connectivity index (χ0n) is 9.93. The molecule has 1 aromatic heterocycles. The van der Waals surface area contributed by atoms with E-state index >= 15 is 0 Å². The smallest absolute Gasteiger partial charge is 0.244 e. The van der Waals surface area contributed by atoms with Gasteiger partial charge in [0.25, 0.3) is 0 Å². The SMILES string of the molecule is Cc1sc(Br)cc1S(=O)(=O)N1CCC(N)CC1.Cl. The van der Waals surface area contributed by atoms with Crippen molar-refractivity contribution in [3.05, 3.63) is 14.7 Å². The van der Waals surface area contributed by atoms with Crippen molar-refractivity contribution in [2.24, 2.45) is 5.73 Å². The fraction of sp³-hybridized carbons (Fsp3) is 0.600. The van der Waals surface area contributed by atoms with E-state index in [-0.39, 0.29) is 18.4 Å². The number of hydrogen-bond acceptors (Lipinski definition) is 4. The summed E-state index contributed by atoms with van der Waals surface area (Å²) in [5, 5.41) is 0. The molecule has 0 aromatic carbocycles. The Balaban J connectivity index is 0.00000162. The summed E-state index contributed by atoms with van der Waals surface area (Å²) in [5.41, 5.74) is 5.79. The molecule has 1 aliphatic heterocycles. The Morgan fingerprint density at radius 3 is 2.44 bits per heavy atom. The average Bonchev–Trinajstić information content (AvgIpc) is 2.59. The quantitative estimate of drug-likeness (QED) is 0.863. The Labute approximate surface area is 126 Å². The Bertz CT molecular complexity index is 510. The molecule has 4 nitrogen and oxygen atoms in total. The van der Waals surface area contributed by atoms with Gasteiger partial charge in [0.15, 0.2) is 0 Å². The number of aryl methyl sites for hydroxylation is 1. The van der Waals surface area contributed by atoms with E-state index in [1.807, 2.05) is 6.92 Å². The Morgan fingerprint density at radius 1 is 1.44 bits per heavy atom. The fourth-order valence-electron chi connectivity index (χ4n) is 1.94. The van der Waals surface area contributed by atoms with Gasteiger partial charge in [0.2, 0.25) is 10.0 Å². The molecule has 1 saturated heterocycles. The number of nitrogens with zero attached hydrogens (tertiary/aromatic N) is 1. The molecule has 2 N–H and O–H groups in total. The molecule has 0 unspecified atom stereocenters. The van der Waals surface area contributed by atoms with Crippen LogP contribution in [0.5, 0.6) is 0 Å². The van der Waals surface area contributed by atoms with Gasteiger partial charge in [-0.25, -0.2) is 8.42 Å². The van der Waals surface area contributed by atoms with Gasteiger partial charge in [-0.15, -0.1) is 23.7 Å². The number of piperidine rings is 1. The minimum absolute atomic E-state index is 0. The molecule has 2 heterocycles. The van der Waals surface area contributed by atoms with E-state index in [2.05, 4.69) is 15.9 Å². The number of sulfonamides is 1. The average molecular weight is 376 g/mol. The molecule has 8 heteroatoms. The molecule has 18 heavy (non-hydrogen) atoms. The molecule has 2 rings (SSSR count). The third kappa shape index (κ3) is 3.26. The first kappa shape index (κ1) is 16.4. The summed E-state index contributed by atoms with van der Waals surface area (Å²) >= 11 is 4.77. The fourth-order valence-corrected chi connectivity index (χ4v) is 5.79. The first-order chi connectivity index (χ1) is 7.91. The number of thiophene rings is 1. The first-order valence-corrected chi connectivity index (χ1v) is 8.48. The van der Waals surface area contributed by atoms with E-state index < -0.39 is 10.0 Å². The van der Waals surface area contributed by atoms with Crippen molar-refractivity contribution in [1.29, 1.82) is 0 Å². The molecule has 0 radical (unpaired) electrons. The van der Waals surface area contributed by atoms with Crippen LogP contribution < -0.4 is 5.73 Å². The predicted molar refractivity (Wildman–Crippen MR) is 80.0 cm³/mol. The number of nitrogens with two attached hydrogens (primary N) is 1. The lowest BCUT2D eigenvalue weighted by atomic mass is 10.1. The lowest BCUT2D eigenvalue weighted by Crippen LogP contribution is -2.42. The van der Waals surface area contributed by atoms with Gasteiger partial charge in [0.1, 0.15) is 0 Å². The molecule has 1 aliphatic rings. The second-order valence-electron chi connectivity index (χ2n) is 4.21. The van der Waals surface area contributed by atoms with E-state index in [0.29, 0.717) is 18.0 Å². The van der Waals surface area contributed by atoms with Crippen LogP contribution in [0.4, 0.5) is 0 Å². The minimum Gasteiger partial charge on any atom is -0.328 e. The summed E-state index contributed by atoms with van der Waals surface area (Å²) < 4.78 is 27.2. The summed E-state index contributed by atoms with van der Waals surface area (Å²) in [6, 6.07) is 1.82. The van der Waals surface area contributed by atoms with Crippen LogP contribution in [-0.2, 0) is 10.0 Å². The first-order valence-electron chi connectivity index (χ1n) is 5.43. The monoisotopic (exact) mass is 374 g/mol. The van der Waals surface area contributed by atoms with Crippen LogP contribution in [-0.4, -0.2) is 31.9 Å². The van der Waals surface area contributed by atoms with E-state index in [9.17, 15) is 8.42 Å². The lowest BCUT2D eigenvalue weighted by molar-refractivity contribution is 0.320. The van der Waals surface area contributed by atoms with Gasteiger partial charge in [-0.1, -0.05) is 0 Å². The summed E-state index contributed by atoms with van der Waals surface area (Å²) in [6.07, 6.45) is 1.48. The van der Waals surface area contributed by atoms with Gasteiger partial charge in [0, 0.05) is 24.0 Å². The Hall–Kier alpha value is 0.340. The summed E-state index contributed by atoms with van der Waals surface area (Å²) in [7, 11) is -3.34. The largest absolute Gasteiger partial charge is 0.328 e. The molecule has 0 bridgehead atoms. The second-order valence-corrected chi connectivity index (χ2v) is 8.75. The molecule has 104 valence electrons. The van der Waals surface area contributed by atoms with Crippen LogP contribution in [0, 0.1) is 6.92 Å². The second kappa shape index (κ2) is 6.19. The maximum Gasteiger partial charge on any atom is 0.244 e. The van der Waals surface area contributed by atoms with Crippen LogP contribution in [0.25, 0.3) is 0 Å². The number of hydrogen-bond donors (Lipinski definition) is 1. The van der Waals surface area contributed by atoms with Crippen LogP contribution in [0.2, 0.25) is 0 Å². The van der Waals surface area contributed by atoms with Crippen LogP contribution >= 0.6 is 39.7 Å². The van der Waals surface area contributed by atoms with Crippen molar-refractivity contribution >= 4 is 49.7 Å². The van der Waals surface area contributed by atoms with Gasteiger partial charge in [-0.2, -0.15) is 4.31 Å². The highest BCUT2D eigenvalue weighted by Gasteiger charge is 2.30. The predicted octanol–water partition coefficient (Wildman–Crippen LogP) is 2.35. The summed E-state index contributed by atoms with van der Waals surface area (Å²) in [6.45, 7) is 2.88. The maximum atomic E-state index is 12.4. The zero-order chi connectivity index (χ0) is 12.6. The van der Waals surface area contributed by atoms with Crippen LogP contribution in [0.1, 0.15) is 17.7 Å². The lowest BCUT2D eigenvalue weighted by Gasteiger charge is -2.29. The van der Waals surface area contributed by atoms with Crippen LogP contribution in [0.15, 0.2) is 14.7 Å². The van der Waals surface area contributed by atoms with E-state index in [1.165, 1.54) is 15.6 Å². The topological polar surface area (TPSA) is 63.4 Å². The molecular weight excluding hydrogens is 360 g/mol. The van der Waals surface area contributed by atoms with E-state index in [0.717, 1.165) is 21.5 Å². The van der Waals surface area contributed by atoms with Gasteiger partial charge in [0.05, 0.1) is 8.68 Å². The van der Waals surface area contributed by atoms with Gasteiger partial charge in [-0.05, 0) is 41.8 Å². The standard InChI is InChI=1S/C10H15BrN2O2S2.ClH/c1-7-9(6-10(11)16-7)17(14,15)13-4-2-8(12)3-5-13;/h6,8H,2-5,12H2,1H3;1H. The molecule has 0 atom stereocenters. The van der Waals surface area contributed by atoms with Crippen molar-refractivity contribution in [2.75, 3.05) is 13.1 Å². The highest BCUT2D eigenvalue weighted by atomic mass is 79.9. The third-order valence-corrected chi connectivity index (χ3v) is 6.67. The van der Waals surface area contributed by atoms with Crippen molar-refractivity contribution in [3.63, 3.8) is 0 Å². The molecule has 1 aromatic rings. The Morgan fingerprint density at radius 2 is 2.00 bits per heavy atom. The number of rotatable bonds is 2. The number of halogens is 2.